The molecular formula is C10H18N2. The Morgan fingerprint density at radius 1 is 1.50 bits per heavy atom. The lowest BCUT2D eigenvalue weighted by Crippen LogP contribution is -2.40. The molecule has 0 aromatic rings. The van der Waals surface area contributed by atoms with E-state index in [1.807, 2.05) is 6.08 Å². The molecule has 1 atom stereocenters. The fraction of sp³-hybridized carbons (Fsp3) is 0.600. The summed E-state index contributed by atoms with van der Waals surface area (Å²) in [5, 5.41) is 0. The van der Waals surface area contributed by atoms with Crippen molar-refractivity contribution in [2.75, 3.05) is 0 Å². The standard InChI is InChI=1S/C10H18N2/c1-3-8-5-9(11)7-10(12,4-2)6-8/h5-6H,3-4,7,11-12H2,1-2H3. The molecule has 68 valence electrons. The molecule has 0 aromatic carbocycles. The predicted molar refractivity (Wildman–Crippen MR) is 52.5 cm³/mol. The summed E-state index contributed by atoms with van der Waals surface area (Å²) in [6, 6.07) is 0. The smallest absolute Gasteiger partial charge is 0.0397 e. The summed E-state index contributed by atoms with van der Waals surface area (Å²) in [6.07, 6.45) is 6.96. The highest BCUT2D eigenvalue weighted by molar-refractivity contribution is 5.32. The maximum atomic E-state index is 6.12. The van der Waals surface area contributed by atoms with Crippen LogP contribution in [0.1, 0.15) is 33.1 Å². The van der Waals surface area contributed by atoms with E-state index in [1.54, 1.807) is 0 Å². The minimum absolute atomic E-state index is 0.190. The van der Waals surface area contributed by atoms with Crippen molar-refractivity contribution in [2.45, 2.75) is 38.6 Å². The number of hydrogen-bond donors (Lipinski definition) is 2. The van der Waals surface area contributed by atoms with Gasteiger partial charge < -0.3 is 11.5 Å². The van der Waals surface area contributed by atoms with Crippen molar-refractivity contribution in [3.05, 3.63) is 23.4 Å². The number of hydrogen-bond acceptors (Lipinski definition) is 2. The molecule has 4 N–H and O–H groups in total. The van der Waals surface area contributed by atoms with Crippen LogP contribution in [0.15, 0.2) is 23.4 Å². The second kappa shape index (κ2) is 3.31. The van der Waals surface area contributed by atoms with Gasteiger partial charge in [-0.05, 0) is 24.5 Å². The van der Waals surface area contributed by atoms with E-state index >= 15 is 0 Å². The number of nitrogens with two attached hydrogens (primary N) is 2. The molecule has 0 aliphatic heterocycles. The maximum Gasteiger partial charge on any atom is 0.0397 e. The summed E-state index contributed by atoms with van der Waals surface area (Å²) in [5.41, 5.74) is 13.9. The lowest BCUT2D eigenvalue weighted by Gasteiger charge is -2.29. The molecule has 0 fully saturated rings. The Bertz CT molecular complexity index is 228. The Balaban J connectivity index is 2.87. The van der Waals surface area contributed by atoms with Crippen molar-refractivity contribution in [1.29, 1.82) is 0 Å². The van der Waals surface area contributed by atoms with Crippen LogP contribution in [0.25, 0.3) is 0 Å². The molecule has 1 rings (SSSR count). The van der Waals surface area contributed by atoms with Crippen molar-refractivity contribution < 1.29 is 0 Å². The third kappa shape index (κ3) is 1.89. The normalized spacial score (nSPS) is 29.6. The monoisotopic (exact) mass is 166 g/mol. The largest absolute Gasteiger partial charge is 0.402 e. The molecule has 12 heavy (non-hydrogen) atoms. The van der Waals surface area contributed by atoms with Crippen molar-refractivity contribution >= 4 is 0 Å². The van der Waals surface area contributed by atoms with Gasteiger partial charge in [-0.15, -0.1) is 0 Å². The van der Waals surface area contributed by atoms with Crippen molar-refractivity contribution in [1.82, 2.24) is 0 Å². The first-order valence-electron chi connectivity index (χ1n) is 4.56. The molecule has 2 heteroatoms. The molecular weight excluding hydrogens is 148 g/mol. The molecule has 0 saturated heterocycles. The summed E-state index contributed by atoms with van der Waals surface area (Å²) in [4.78, 5) is 0. The van der Waals surface area contributed by atoms with Crippen LogP contribution in [0.5, 0.6) is 0 Å². The molecule has 0 heterocycles. The fourth-order valence-corrected chi connectivity index (χ4v) is 1.56. The van der Waals surface area contributed by atoms with E-state index in [-0.39, 0.29) is 5.54 Å². The van der Waals surface area contributed by atoms with E-state index in [1.165, 1.54) is 5.57 Å². The van der Waals surface area contributed by atoms with Gasteiger partial charge in [0.15, 0.2) is 0 Å². The minimum Gasteiger partial charge on any atom is -0.402 e. The zero-order valence-electron chi connectivity index (χ0n) is 7.93. The van der Waals surface area contributed by atoms with Gasteiger partial charge in [-0.3, -0.25) is 0 Å². The molecule has 0 amide bonds. The fourth-order valence-electron chi connectivity index (χ4n) is 1.56. The third-order valence-corrected chi connectivity index (χ3v) is 2.44. The molecule has 0 saturated carbocycles. The van der Waals surface area contributed by atoms with Gasteiger partial charge in [0.05, 0.1) is 0 Å². The Labute approximate surface area is 74.3 Å². The van der Waals surface area contributed by atoms with Crippen LogP contribution in [0.2, 0.25) is 0 Å². The average Bonchev–Trinajstić information content (AvgIpc) is 2.03. The summed E-state index contributed by atoms with van der Waals surface area (Å²) < 4.78 is 0. The van der Waals surface area contributed by atoms with Crippen LogP contribution >= 0.6 is 0 Å². The summed E-state index contributed by atoms with van der Waals surface area (Å²) in [7, 11) is 0. The van der Waals surface area contributed by atoms with E-state index in [9.17, 15) is 0 Å². The molecule has 1 aliphatic rings. The van der Waals surface area contributed by atoms with E-state index < -0.39 is 0 Å². The number of rotatable bonds is 2. The van der Waals surface area contributed by atoms with Gasteiger partial charge >= 0.3 is 0 Å². The van der Waals surface area contributed by atoms with Gasteiger partial charge in [-0.1, -0.05) is 19.9 Å². The van der Waals surface area contributed by atoms with Gasteiger partial charge in [-0.25, -0.2) is 0 Å². The van der Waals surface area contributed by atoms with Crippen LogP contribution < -0.4 is 11.5 Å². The first kappa shape index (κ1) is 9.33. The zero-order valence-corrected chi connectivity index (χ0v) is 7.93. The highest BCUT2D eigenvalue weighted by Crippen LogP contribution is 2.25. The second-order valence-electron chi connectivity index (χ2n) is 3.56. The van der Waals surface area contributed by atoms with Crippen molar-refractivity contribution in [3.8, 4) is 0 Å². The Kier molecular flexibility index (Phi) is 2.58. The van der Waals surface area contributed by atoms with Gasteiger partial charge in [0.1, 0.15) is 0 Å². The highest BCUT2D eigenvalue weighted by atomic mass is 14.8. The first-order chi connectivity index (χ1) is 5.59. The van der Waals surface area contributed by atoms with Gasteiger partial charge in [0.25, 0.3) is 0 Å². The Morgan fingerprint density at radius 3 is 2.67 bits per heavy atom. The Hall–Kier alpha value is -0.760. The van der Waals surface area contributed by atoms with Crippen molar-refractivity contribution in [3.63, 3.8) is 0 Å². The van der Waals surface area contributed by atoms with Crippen LogP contribution in [0, 0.1) is 0 Å². The average molecular weight is 166 g/mol. The lowest BCUT2D eigenvalue weighted by atomic mass is 9.84. The molecule has 1 unspecified atom stereocenters. The predicted octanol–water partition coefficient (Wildman–Crippen LogP) is 1.68. The lowest BCUT2D eigenvalue weighted by molar-refractivity contribution is 0.493. The first-order valence-corrected chi connectivity index (χ1v) is 4.56. The molecule has 0 radical (unpaired) electrons. The second-order valence-corrected chi connectivity index (χ2v) is 3.56. The Morgan fingerprint density at radius 2 is 2.17 bits per heavy atom. The highest BCUT2D eigenvalue weighted by Gasteiger charge is 2.23. The van der Waals surface area contributed by atoms with Gasteiger partial charge in [-0.2, -0.15) is 0 Å². The van der Waals surface area contributed by atoms with E-state index in [4.69, 9.17) is 11.5 Å². The maximum absolute atomic E-state index is 6.12. The van der Waals surface area contributed by atoms with Crippen LogP contribution in [0.4, 0.5) is 0 Å². The summed E-state index contributed by atoms with van der Waals surface area (Å²) in [6.45, 7) is 4.22. The molecule has 0 bridgehead atoms. The minimum atomic E-state index is -0.190. The molecule has 0 aromatic heterocycles. The van der Waals surface area contributed by atoms with Crippen LogP contribution in [0.3, 0.4) is 0 Å². The van der Waals surface area contributed by atoms with Crippen LogP contribution in [-0.4, -0.2) is 5.54 Å². The summed E-state index contributed by atoms with van der Waals surface area (Å²) in [5.74, 6) is 0. The topological polar surface area (TPSA) is 52.0 Å². The zero-order chi connectivity index (χ0) is 9.19. The summed E-state index contributed by atoms with van der Waals surface area (Å²) >= 11 is 0. The molecule has 0 spiro atoms. The molecule has 2 nitrogen and oxygen atoms in total. The van der Waals surface area contributed by atoms with Crippen molar-refractivity contribution in [2.24, 2.45) is 11.5 Å². The van der Waals surface area contributed by atoms with Gasteiger partial charge in [0, 0.05) is 17.7 Å². The van der Waals surface area contributed by atoms with E-state index in [2.05, 4.69) is 19.9 Å². The SMILES string of the molecule is CCC1=CC(N)(CC)CC(N)=C1. The molecule has 1 aliphatic carbocycles. The van der Waals surface area contributed by atoms with E-state index in [0.29, 0.717) is 0 Å². The van der Waals surface area contributed by atoms with E-state index in [0.717, 1.165) is 25.0 Å². The van der Waals surface area contributed by atoms with Crippen LogP contribution in [-0.2, 0) is 0 Å². The van der Waals surface area contributed by atoms with Gasteiger partial charge in [0.2, 0.25) is 0 Å². The number of allylic oxidation sites excluding steroid dienone is 2. The quantitative estimate of drug-likeness (QED) is 0.655. The third-order valence-electron chi connectivity index (χ3n) is 2.44.